The third-order valence-corrected chi connectivity index (χ3v) is 7.43. The molecule has 0 spiro atoms. The summed E-state index contributed by atoms with van der Waals surface area (Å²) in [5.41, 5.74) is 0. The summed E-state index contributed by atoms with van der Waals surface area (Å²) in [6, 6.07) is 0. The monoisotopic (exact) mass is 713 g/mol. The summed E-state index contributed by atoms with van der Waals surface area (Å²) in [4.78, 5) is 0. The smallest absolute Gasteiger partial charge is 0.331 e. The minimum Gasteiger partial charge on any atom is -0.331 e. The van der Waals surface area contributed by atoms with Crippen LogP contribution in [0.1, 0.15) is 6.42 Å². The van der Waals surface area contributed by atoms with Crippen molar-refractivity contribution in [2.24, 2.45) is 0 Å². The highest BCUT2D eigenvalue weighted by Crippen LogP contribution is 2.66. The molecule has 0 saturated carbocycles. The van der Waals surface area contributed by atoms with Crippen LogP contribution >= 0.6 is 0 Å². The van der Waals surface area contributed by atoms with Crippen molar-refractivity contribution in [2.75, 3.05) is 41.3 Å². The predicted molar refractivity (Wildman–Crippen MR) is 99.6 cm³/mol. The van der Waals surface area contributed by atoms with Gasteiger partial charge in [0.1, 0.15) is 0 Å². The van der Waals surface area contributed by atoms with Crippen molar-refractivity contribution in [1.29, 1.82) is 0 Å². The van der Waals surface area contributed by atoms with E-state index in [1.165, 1.54) is 21.1 Å². The third kappa shape index (κ3) is 5.79. The van der Waals surface area contributed by atoms with Gasteiger partial charge < -0.3 is 4.48 Å². The van der Waals surface area contributed by atoms with Gasteiger partial charge in [-0.05, 0) is 0 Å². The highest BCUT2D eigenvalue weighted by atomic mass is 32.2. The summed E-state index contributed by atoms with van der Waals surface area (Å²) in [6.07, 6.45) is -8.66. The predicted octanol–water partition coefficient (Wildman–Crippen LogP) is 6.58. The summed E-state index contributed by atoms with van der Waals surface area (Å²) in [7, 11) is -3.38. The van der Waals surface area contributed by atoms with Crippen LogP contribution in [0.4, 0.5) is 92.2 Å². The van der Waals surface area contributed by atoms with Crippen LogP contribution in [0.15, 0.2) is 0 Å². The van der Waals surface area contributed by atoms with Crippen LogP contribution in [0.3, 0.4) is 0 Å². The van der Waals surface area contributed by atoms with E-state index in [2.05, 4.69) is 0 Å². The lowest BCUT2D eigenvalue weighted by molar-refractivity contribution is -0.870. The molecule has 0 amide bonds. The third-order valence-electron chi connectivity index (χ3n) is 5.52. The van der Waals surface area contributed by atoms with E-state index in [-0.39, 0.29) is 18.1 Å². The SMILES string of the molecule is CN(CCC[N+](C)(C)C)S(=O)(=O)C(F)(F)C(F)(F)C(F)(F)C(F)(F)C(F)(F)C(F)(F)C(F)(F)C(F)(F)C(F)(F)C(F)(F)F. The normalized spacial score (nSPS) is 16.7. The lowest BCUT2D eigenvalue weighted by Crippen LogP contribution is -2.77. The number of alkyl halides is 21. The first-order chi connectivity index (χ1) is 18.1. The first kappa shape index (κ1) is 41.4. The van der Waals surface area contributed by atoms with Gasteiger partial charge in [0.15, 0.2) is 0 Å². The molecule has 0 aromatic heterocycles. The molecule has 0 atom stereocenters. The standard InChI is InChI=1S/C17H18F21N2O2S/c1-39(6-5-7-40(2,3)4)43(41,42)17(37,38)15(32,33)13(28,29)11(24,25)9(20,21)8(18,19)10(22,23)12(26,27)14(30,31)16(34,35)36/h5-7H2,1-4H3/q+1. The minimum atomic E-state index is -9.34. The molecule has 0 aromatic carbocycles. The first-order valence-corrected chi connectivity index (χ1v) is 11.8. The average molecular weight is 713 g/mol. The Morgan fingerprint density at radius 3 is 1.00 bits per heavy atom. The molecule has 0 saturated heterocycles. The number of rotatable bonds is 14. The van der Waals surface area contributed by atoms with E-state index >= 15 is 0 Å². The highest BCUT2D eigenvalue weighted by molar-refractivity contribution is 7.90. The number of halogens is 21. The van der Waals surface area contributed by atoms with Crippen LogP contribution in [0.5, 0.6) is 0 Å². The Hall–Kier alpha value is -1.60. The van der Waals surface area contributed by atoms with Crippen LogP contribution < -0.4 is 0 Å². The van der Waals surface area contributed by atoms with Crippen molar-refractivity contribution in [3.8, 4) is 0 Å². The molecule has 4 nitrogen and oxygen atoms in total. The molecule has 0 N–H and O–H groups in total. The number of hydrogen-bond donors (Lipinski definition) is 0. The lowest BCUT2D eigenvalue weighted by atomic mass is 9.87. The van der Waals surface area contributed by atoms with Gasteiger partial charge >= 0.3 is 58.8 Å². The first-order valence-electron chi connectivity index (χ1n) is 10.4. The zero-order valence-electron chi connectivity index (χ0n) is 21.2. The van der Waals surface area contributed by atoms with E-state index in [9.17, 15) is 101 Å². The minimum absolute atomic E-state index is 0.0858. The average Bonchev–Trinajstić information content (AvgIpc) is 2.75. The van der Waals surface area contributed by atoms with E-state index in [0.29, 0.717) is 0 Å². The van der Waals surface area contributed by atoms with E-state index in [1.54, 1.807) is 0 Å². The Kier molecular flexibility index (Phi) is 10.3. The van der Waals surface area contributed by atoms with E-state index < -0.39 is 86.1 Å². The topological polar surface area (TPSA) is 37.4 Å². The zero-order chi connectivity index (χ0) is 35.7. The van der Waals surface area contributed by atoms with Gasteiger partial charge in [0.05, 0.1) is 27.7 Å². The van der Waals surface area contributed by atoms with Crippen molar-refractivity contribution >= 4 is 10.0 Å². The van der Waals surface area contributed by atoms with Crippen molar-refractivity contribution in [1.82, 2.24) is 4.31 Å². The second-order valence-corrected chi connectivity index (χ2v) is 11.9. The maximum Gasteiger partial charge on any atom is 0.460 e. The van der Waals surface area contributed by atoms with Crippen LogP contribution in [0.2, 0.25) is 0 Å². The van der Waals surface area contributed by atoms with Crippen molar-refractivity contribution < 1.29 is 105 Å². The Labute approximate surface area is 227 Å². The molecule has 43 heavy (non-hydrogen) atoms. The molecule has 0 aliphatic heterocycles. The van der Waals surface area contributed by atoms with Crippen molar-refractivity contribution in [3.05, 3.63) is 0 Å². The van der Waals surface area contributed by atoms with Crippen LogP contribution in [-0.4, -0.2) is 117 Å². The summed E-state index contributed by atoms with van der Waals surface area (Å²) in [5.74, 6) is -72.1. The van der Waals surface area contributed by atoms with Gasteiger partial charge in [0.25, 0.3) is 10.0 Å². The summed E-state index contributed by atoms with van der Waals surface area (Å²) in [5, 5.41) is -7.74. The molecule has 0 aromatic rings. The quantitative estimate of drug-likeness (QED) is 0.151. The lowest BCUT2D eigenvalue weighted by Gasteiger charge is -2.44. The number of sulfonamides is 1. The highest BCUT2D eigenvalue weighted by Gasteiger charge is 2.98. The van der Waals surface area contributed by atoms with Crippen LogP contribution in [0, 0.1) is 0 Å². The molecule has 0 radical (unpaired) electrons. The fraction of sp³-hybridized carbons (Fsp3) is 1.00. The zero-order valence-corrected chi connectivity index (χ0v) is 22.0. The van der Waals surface area contributed by atoms with E-state index in [0.717, 1.165) is 0 Å². The van der Waals surface area contributed by atoms with Gasteiger partial charge in [0, 0.05) is 20.0 Å². The molecule has 260 valence electrons. The van der Waals surface area contributed by atoms with Crippen LogP contribution in [0.25, 0.3) is 0 Å². The molecule has 0 aliphatic carbocycles. The molecule has 0 fully saturated rings. The summed E-state index contributed by atoms with van der Waals surface area (Å²) >= 11 is 0. The van der Waals surface area contributed by atoms with Gasteiger partial charge in [-0.25, -0.2) is 8.42 Å². The molecule has 0 heterocycles. The molecule has 26 heteroatoms. The molecule has 0 rings (SSSR count). The maximum absolute atomic E-state index is 14.2. The Morgan fingerprint density at radius 2 is 0.744 bits per heavy atom. The maximum atomic E-state index is 14.2. The number of quaternary nitrogens is 1. The van der Waals surface area contributed by atoms with Crippen LogP contribution in [-0.2, 0) is 10.0 Å². The summed E-state index contributed by atoms with van der Waals surface area (Å²) < 4.78 is 305. The van der Waals surface area contributed by atoms with Gasteiger partial charge in [0.2, 0.25) is 0 Å². The Morgan fingerprint density at radius 1 is 0.488 bits per heavy atom. The largest absolute Gasteiger partial charge is 0.460 e. The molecule has 0 aliphatic rings. The molecule has 0 unspecified atom stereocenters. The molecular formula is C17H18F21N2O2S+. The van der Waals surface area contributed by atoms with Gasteiger partial charge in [-0.1, -0.05) is 0 Å². The van der Waals surface area contributed by atoms with Gasteiger partial charge in [-0.15, -0.1) is 0 Å². The Balaban J connectivity index is 7.05. The Bertz CT molecular complexity index is 1110. The number of hydrogen-bond acceptors (Lipinski definition) is 2. The second-order valence-electron chi connectivity index (χ2n) is 9.80. The van der Waals surface area contributed by atoms with Crippen molar-refractivity contribution in [3.63, 3.8) is 0 Å². The second kappa shape index (κ2) is 10.7. The number of nitrogens with zero attached hydrogens (tertiary/aromatic N) is 2. The fourth-order valence-corrected chi connectivity index (χ4v) is 4.00. The van der Waals surface area contributed by atoms with Gasteiger partial charge in [-0.3, -0.25) is 0 Å². The molecule has 0 bridgehead atoms. The van der Waals surface area contributed by atoms with Gasteiger partial charge in [-0.2, -0.15) is 96.5 Å². The van der Waals surface area contributed by atoms with E-state index in [4.69, 9.17) is 0 Å². The van der Waals surface area contributed by atoms with E-state index in [1.807, 2.05) is 0 Å². The van der Waals surface area contributed by atoms with Crippen molar-refractivity contribution in [2.45, 2.75) is 65.2 Å². The molecular weight excluding hydrogens is 695 g/mol. The summed E-state index contributed by atoms with van der Waals surface area (Å²) in [6.45, 7) is -1.53. The fourth-order valence-electron chi connectivity index (χ4n) is 2.79.